The molecule has 1 fully saturated rings. The molecule has 5 atom stereocenters. The van der Waals surface area contributed by atoms with Crippen LogP contribution in [-0.2, 0) is 33.3 Å². The van der Waals surface area contributed by atoms with E-state index in [-0.39, 0.29) is 22.7 Å². The van der Waals surface area contributed by atoms with Crippen molar-refractivity contribution in [1.29, 1.82) is 0 Å². The van der Waals surface area contributed by atoms with Crippen LogP contribution < -0.4 is 4.74 Å². The van der Waals surface area contributed by atoms with E-state index in [1.807, 2.05) is 0 Å². The van der Waals surface area contributed by atoms with Crippen LogP contribution in [0.5, 0.6) is 5.75 Å². The Morgan fingerprint density at radius 1 is 1.00 bits per heavy atom. The number of rotatable bonds is 7. The predicted molar refractivity (Wildman–Crippen MR) is 103 cm³/mol. The summed E-state index contributed by atoms with van der Waals surface area (Å²) < 4.78 is 26.9. The molecule has 0 radical (unpaired) electrons. The van der Waals surface area contributed by atoms with Crippen LogP contribution in [0.1, 0.15) is 48.4 Å². The lowest BCUT2D eigenvalue weighted by molar-refractivity contribution is -0.261. The first-order valence-electron chi connectivity index (χ1n) is 9.43. The van der Waals surface area contributed by atoms with Crippen molar-refractivity contribution in [1.82, 2.24) is 0 Å². The Balaban J connectivity index is 2.50. The third-order valence-electron chi connectivity index (χ3n) is 4.66. The maximum absolute atomic E-state index is 12.2. The van der Waals surface area contributed by atoms with Crippen LogP contribution in [0.3, 0.4) is 0 Å². The number of carbonyl (C=O) groups excluding carboxylic acids is 5. The second kappa shape index (κ2) is 10.2. The van der Waals surface area contributed by atoms with Crippen molar-refractivity contribution >= 4 is 30.0 Å². The molecule has 2 rings (SSSR count). The summed E-state index contributed by atoms with van der Waals surface area (Å²) in [6.45, 7) is 5.25. The molecule has 0 amide bonds. The zero-order valence-corrected chi connectivity index (χ0v) is 17.8. The molecular weight excluding hydrogens is 412 g/mol. The van der Waals surface area contributed by atoms with E-state index in [0.29, 0.717) is 6.29 Å². The number of hydrogen-bond acceptors (Lipinski definition) is 10. The fourth-order valence-corrected chi connectivity index (χ4v) is 3.33. The topological polar surface area (TPSA) is 132 Å². The van der Waals surface area contributed by atoms with Crippen LogP contribution in [0, 0.1) is 5.92 Å². The van der Waals surface area contributed by atoms with Gasteiger partial charge < -0.3 is 23.7 Å². The lowest BCUT2D eigenvalue weighted by Crippen LogP contribution is -2.59. The van der Waals surface area contributed by atoms with Crippen molar-refractivity contribution in [2.75, 3.05) is 7.11 Å². The average molecular weight is 436 g/mol. The number of aldehydes is 1. The molecule has 168 valence electrons. The van der Waals surface area contributed by atoms with Crippen molar-refractivity contribution in [2.45, 2.75) is 52.3 Å². The molecule has 1 aliphatic rings. The zero-order valence-electron chi connectivity index (χ0n) is 17.8. The second-order valence-corrected chi connectivity index (χ2v) is 7.03. The molecule has 0 N–H and O–H groups in total. The molecule has 1 saturated heterocycles. The van der Waals surface area contributed by atoms with Crippen molar-refractivity contribution < 1.29 is 47.7 Å². The molecule has 0 aromatic heterocycles. The first-order valence-corrected chi connectivity index (χ1v) is 9.43. The summed E-state index contributed by atoms with van der Waals surface area (Å²) >= 11 is 0. The number of carbonyl (C=O) groups is 5. The van der Waals surface area contributed by atoms with Gasteiger partial charge in [0.15, 0.2) is 11.9 Å². The quantitative estimate of drug-likeness (QED) is 0.352. The molecule has 0 bridgehead atoms. The van der Waals surface area contributed by atoms with Crippen LogP contribution in [0.4, 0.5) is 0 Å². The number of hydrogen-bond donors (Lipinski definition) is 0. The molecule has 1 heterocycles. The minimum absolute atomic E-state index is 0.0435. The van der Waals surface area contributed by atoms with E-state index in [0.717, 1.165) is 14.0 Å². The van der Waals surface area contributed by atoms with Crippen molar-refractivity contribution in [2.24, 2.45) is 5.92 Å². The maximum Gasteiger partial charge on any atom is 0.341 e. The van der Waals surface area contributed by atoms with Gasteiger partial charge in [0.2, 0.25) is 12.4 Å². The van der Waals surface area contributed by atoms with Gasteiger partial charge >= 0.3 is 17.9 Å². The van der Waals surface area contributed by atoms with Crippen LogP contribution in [-0.4, -0.2) is 61.7 Å². The molecule has 1 aromatic rings. The smallest absolute Gasteiger partial charge is 0.341 e. The number of methoxy groups -OCH3 is 1. The maximum atomic E-state index is 12.2. The second-order valence-electron chi connectivity index (χ2n) is 7.03. The average Bonchev–Trinajstić information content (AvgIpc) is 2.71. The Morgan fingerprint density at radius 2 is 1.61 bits per heavy atom. The monoisotopic (exact) mass is 436 g/mol. The Labute approximate surface area is 178 Å². The van der Waals surface area contributed by atoms with E-state index < -0.39 is 48.4 Å². The Bertz CT molecular complexity index is 877. The van der Waals surface area contributed by atoms with Gasteiger partial charge in [-0.2, -0.15) is 0 Å². The first-order chi connectivity index (χ1) is 14.6. The normalized spacial score (nSPS) is 25.1. The summed E-state index contributed by atoms with van der Waals surface area (Å²) in [7, 11) is 1.16. The lowest BCUT2D eigenvalue weighted by Gasteiger charge is -2.43. The van der Waals surface area contributed by atoms with E-state index >= 15 is 0 Å². The van der Waals surface area contributed by atoms with Gasteiger partial charge in [0.05, 0.1) is 7.11 Å². The zero-order chi connectivity index (χ0) is 23.3. The standard InChI is InChI=1S/C21H24O10/c1-10-17(11(2)23)31-21(19(29-13(4)25)18(10)28-12(3)24)30-16-7-6-14(9-22)8-15(16)20(26)27-5/h6-10,17-19,21H,1-5H3/t10-,17+,18+,19-,21-/m1/s1. The Hall–Kier alpha value is -3.27. The molecule has 0 saturated carbocycles. The van der Waals surface area contributed by atoms with E-state index in [2.05, 4.69) is 0 Å². The Morgan fingerprint density at radius 3 is 2.13 bits per heavy atom. The van der Waals surface area contributed by atoms with Gasteiger partial charge in [0.1, 0.15) is 23.7 Å². The number of esters is 3. The lowest BCUT2D eigenvalue weighted by atomic mass is 9.88. The number of ether oxygens (including phenoxy) is 5. The highest BCUT2D eigenvalue weighted by atomic mass is 16.7. The van der Waals surface area contributed by atoms with E-state index in [1.54, 1.807) is 6.92 Å². The van der Waals surface area contributed by atoms with Gasteiger partial charge in [0.25, 0.3) is 0 Å². The molecule has 10 nitrogen and oxygen atoms in total. The van der Waals surface area contributed by atoms with Crippen molar-refractivity contribution in [3.05, 3.63) is 29.3 Å². The highest BCUT2D eigenvalue weighted by Crippen LogP contribution is 2.33. The third kappa shape index (κ3) is 5.66. The van der Waals surface area contributed by atoms with Crippen LogP contribution in [0.2, 0.25) is 0 Å². The van der Waals surface area contributed by atoms with E-state index in [1.165, 1.54) is 32.0 Å². The largest absolute Gasteiger partial charge is 0.465 e. The van der Waals surface area contributed by atoms with Crippen LogP contribution in [0.25, 0.3) is 0 Å². The summed E-state index contributed by atoms with van der Waals surface area (Å²) in [5, 5.41) is 0. The SMILES string of the molecule is COC(=O)c1cc(C=O)ccc1O[C@@H]1O[C@H](C(C)=O)[C@@H](C)[C@H](OC(C)=O)[C@H]1OC(C)=O. The number of benzene rings is 1. The Kier molecular flexibility index (Phi) is 7.87. The van der Waals surface area contributed by atoms with Gasteiger partial charge in [0, 0.05) is 25.3 Å². The molecular formula is C21H24O10. The van der Waals surface area contributed by atoms with Crippen molar-refractivity contribution in [3.63, 3.8) is 0 Å². The van der Waals surface area contributed by atoms with E-state index in [4.69, 9.17) is 23.7 Å². The molecule has 31 heavy (non-hydrogen) atoms. The summed E-state index contributed by atoms with van der Waals surface area (Å²) in [6.07, 6.45) is -4.17. The number of Topliss-reactive ketones (excluding diaryl/α,β-unsaturated/α-hetero) is 1. The summed E-state index contributed by atoms with van der Waals surface area (Å²) in [5.41, 5.74) is 0.112. The van der Waals surface area contributed by atoms with Crippen LogP contribution >= 0.6 is 0 Å². The fourth-order valence-electron chi connectivity index (χ4n) is 3.33. The molecule has 1 aromatic carbocycles. The minimum Gasteiger partial charge on any atom is -0.465 e. The number of ketones is 1. The molecule has 0 spiro atoms. The fraction of sp³-hybridized carbons (Fsp3) is 0.476. The van der Waals surface area contributed by atoms with Gasteiger partial charge in [-0.1, -0.05) is 6.92 Å². The van der Waals surface area contributed by atoms with Gasteiger partial charge in [-0.05, 0) is 25.1 Å². The summed E-state index contributed by atoms with van der Waals surface area (Å²) in [4.78, 5) is 58.8. The highest BCUT2D eigenvalue weighted by Gasteiger charge is 2.50. The van der Waals surface area contributed by atoms with Gasteiger partial charge in [-0.3, -0.25) is 19.2 Å². The molecule has 0 aliphatic carbocycles. The minimum atomic E-state index is -1.40. The first kappa shape index (κ1) is 24.0. The molecule has 1 aliphatic heterocycles. The van der Waals surface area contributed by atoms with Gasteiger partial charge in [-0.25, -0.2) is 4.79 Å². The summed E-state index contributed by atoms with van der Waals surface area (Å²) in [5.74, 6) is -3.18. The van der Waals surface area contributed by atoms with Crippen LogP contribution in [0.15, 0.2) is 18.2 Å². The predicted octanol–water partition coefficient (Wildman–Crippen LogP) is 1.48. The summed E-state index contributed by atoms with van der Waals surface area (Å²) in [6, 6.07) is 3.99. The van der Waals surface area contributed by atoms with E-state index in [9.17, 15) is 24.0 Å². The highest BCUT2D eigenvalue weighted by molar-refractivity contribution is 5.94. The van der Waals surface area contributed by atoms with Crippen molar-refractivity contribution in [3.8, 4) is 5.75 Å². The molecule has 0 unspecified atom stereocenters. The third-order valence-corrected chi connectivity index (χ3v) is 4.66. The molecule has 10 heteroatoms. The van der Waals surface area contributed by atoms with Gasteiger partial charge in [-0.15, -0.1) is 0 Å².